The van der Waals surface area contributed by atoms with Crippen LogP contribution >= 0.6 is 0 Å². The van der Waals surface area contributed by atoms with Crippen LogP contribution in [-0.4, -0.2) is 54.8 Å². The first-order chi connectivity index (χ1) is 15.1. The molecule has 4 amide bonds. The molecule has 0 saturated carbocycles. The van der Waals surface area contributed by atoms with Gasteiger partial charge in [0.2, 0.25) is 5.91 Å². The summed E-state index contributed by atoms with van der Waals surface area (Å²) in [6, 6.07) is 17.6. The summed E-state index contributed by atoms with van der Waals surface area (Å²) in [7, 11) is -3.21. The van der Waals surface area contributed by atoms with Gasteiger partial charge in [-0.25, -0.2) is 13.2 Å². The Kier molecular flexibility index (Phi) is 5.54. The molecule has 2 aliphatic heterocycles. The van der Waals surface area contributed by atoms with Crippen LogP contribution < -0.4 is 10.6 Å². The Labute approximate surface area is 186 Å². The minimum absolute atomic E-state index is 0.00110. The van der Waals surface area contributed by atoms with Gasteiger partial charge in [-0.1, -0.05) is 60.7 Å². The van der Waals surface area contributed by atoms with Crippen LogP contribution in [0.3, 0.4) is 0 Å². The summed E-state index contributed by atoms with van der Waals surface area (Å²) in [5.41, 5.74) is -0.755. The Morgan fingerprint density at radius 2 is 1.69 bits per heavy atom. The molecule has 168 valence electrons. The van der Waals surface area contributed by atoms with E-state index in [1.54, 1.807) is 31.2 Å². The SMILES string of the molecule is CC1(NC(=O)CN2C(=O)NC(Cc3ccccc3)(c3ccccc3)C2=O)CCS(=O)(=O)C1. The fourth-order valence-electron chi connectivity index (χ4n) is 4.44. The molecular formula is C23H25N3O5S. The van der Waals surface area contributed by atoms with Crippen molar-refractivity contribution in [2.45, 2.75) is 30.8 Å². The van der Waals surface area contributed by atoms with Crippen molar-refractivity contribution in [2.24, 2.45) is 0 Å². The standard InChI is InChI=1S/C23H25N3O5S/c1-22(12-13-32(30,31)16-22)24-19(27)15-26-20(28)23(25-21(26)29,18-10-6-3-7-11-18)14-17-8-4-2-5-9-17/h2-11H,12-16H2,1H3,(H,24,27)(H,25,29). The van der Waals surface area contributed by atoms with Crippen LogP contribution in [0.2, 0.25) is 0 Å². The number of hydrogen-bond acceptors (Lipinski definition) is 5. The Balaban J connectivity index is 1.58. The highest BCUT2D eigenvalue weighted by atomic mass is 32.2. The zero-order chi connectivity index (χ0) is 23.0. The first kappa shape index (κ1) is 22.0. The summed E-state index contributed by atoms with van der Waals surface area (Å²) < 4.78 is 23.6. The second-order valence-electron chi connectivity index (χ2n) is 8.71. The zero-order valence-corrected chi connectivity index (χ0v) is 18.5. The highest BCUT2D eigenvalue weighted by molar-refractivity contribution is 7.91. The molecule has 8 nitrogen and oxygen atoms in total. The van der Waals surface area contributed by atoms with E-state index < -0.39 is 45.3 Å². The number of imide groups is 1. The molecule has 2 atom stereocenters. The van der Waals surface area contributed by atoms with Crippen molar-refractivity contribution >= 4 is 27.7 Å². The molecule has 2 unspecified atom stereocenters. The number of nitrogens with zero attached hydrogens (tertiary/aromatic N) is 1. The lowest BCUT2D eigenvalue weighted by Gasteiger charge is -2.28. The number of benzene rings is 2. The van der Waals surface area contributed by atoms with E-state index in [4.69, 9.17) is 0 Å². The van der Waals surface area contributed by atoms with Crippen LogP contribution in [0.25, 0.3) is 0 Å². The molecule has 4 rings (SSSR count). The molecular weight excluding hydrogens is 430 g/mol. The summed E-state index contributed by atoms with van der Waals surface area (Å²) in [6.45, 7) is 1.18. The molecule has 2 N–H and O–H groups in total. The molecule has 9 heteroatoms. The number of nitrogens with one attached hydrogen (secondary N) is 2. The second-order valence-corrected chi connectivity index (χ2v) is 10.9. The van der Waals surface area contributed by atoms with Gasteiger partial charge in [0.25, 0.3) is 5.91 Å². The number of carbonyl (C=O) groups is 3. The van der Waals surface area contributed by atoms with Crippen LogP contribution in [0.4, 0.5) is 4.79 Å². The molecule has 2 heterocycles. The van der Waals surface area contributed by atoms with Gasteiger partial charge in [0, 0.05) is 6.42 Å². The molecule has 2 aliphatic rings. The smallest absolute Gasteiger partial charge is 0.325 e. The van der Waals surface area contributed by atoms with Gasteiger partial charge in [0.1, 0.15) is 6.54 Å². The lowest BCUT2D eigenvalue weighted by atomic mass is 9.83. The topological polar surface area (TPSA) is 113 Å². The molecule has 0 bridgehead atoms. The highest BCUT2D eigenvalue weighted by Gasteiger charge is 2.53. The van der Waals surface area contributed by atoms with E-state index >= 15 is 0 Å². The molecule has 2 aromatic carbocycles. The largest absolute Gasteiger partial charge is 0.348 e. The van der Waals surface area contributed by atoms with Crippen molar-refractivity contribution in [1.29, 1.82) is 0 Å². The molecule has 2 saturated heterocycles. The zero-order valence-electron chi connectivity index (χ0n) is 17.7. The number of urea groups is 1. The molecule has 2 fully saturated rings. The lowest BCUT2D eigenvalue weighted by Crippen LogP contribution is -2.51. The molecule has 32 heavy (non-hydrogen) atoms. The maximum Gasteiger partial charge on any atom is 0.325 e. The quantitative estimate of drug-likeness (QED) is 0.639. The number of sulfone groups is 1. The van der Waals surface area contributed by atoms with E-state index in [9.17, 15) is 22.8 Å². The van der Waals surface area contributed by atoms with Crippen molar-refractivity contribution in [3.63, 3.8) is 0 Å². The molecule has 2 aromatic rings. The third kappa shape index (κ3) is 4.25. The van der Waals surface area contributed by atoms with Gasteiger partial charge >= 0.3 is 6.03 Å². The van der Waals surface area contributed by atoms with Crippen LogP contribution in [0, 0.1) is 0 Å². The number of carbonyl (C=O) groups excluding carboxylic acids is 3. The summed E-state index contributed by atoms with van der Waals surface area (Å²) in [5.74, 6) is -1.25. The van der Waals surface area contributed by atoms with Gasteiger partial charge in [-0.3, -0.25) is 14.5 Å². The Morgan fingerprint density at radius 3 is 2.28 bits per heavy atom. The molecule has 0 aliphatic carbocycles. The van der Waals surface area contributed by atoms with Crippen molar-refractivity contribution < 1.29 is 22.8 Å². The van der Waals surface area contributed by atoms with Crippen molar-refractivity contribution in [1.82, 2.24) is 15.5 Å². The predicted molar refractivity (Wildman–Crippen MR) is 118 cm³/mol. The fraction of sp³-hybridized carbons (Fsp3) is 0.348. The molecule has 0 aromatic heterocycles. The van der Waals surface area contributed by atoms with Crippen molar-refractivity contribution in [3.8, 4) is 0 Å². The van der Waals surface area contributed by atoms with Gasteiger partial charge < -0.3 is 10.6 Å². The van der Waals surface area contributed by atoms with E-state index in [1.807, 2.05) is 36.4 Å². The Bertz CT molecular complexity index is 1150. The Morgan fingerprint density at radius 1 is 1.06 bits per heavy atom. The second kappa shape index (κ2) is 8.05. The maximum absolute atomic E-state index is 13.6. The summed E-state index contributed by atoms with van der Waals surface area (Å²) in [5, 5.41) is 5.52. The average Bonchev–Trinajstić information content (AvgIpc) is 3.16. The van der Waals surface area contributed by atoms with E-state index in [0.29, 0.717) is 12.0 Å². The third-order valence-electron chi connectivity index (χ3n) is 6.00. The van der Waals surface area contributed by atoms with Crippen LogP contribution in [0.1, 0.15) is 24.5 Å². The fourth-order valence-corrected chi connectivity index (χ4v) is 6.53. The van der Waals surface area contributed by atoms with Crippen molar-refractivity contribution in [3.05, 3.63) is 71.8 Å². The number of hydrogen-bond donors (Lipinski definition) is 2. The first-order valence-corrected chi connectivity index (χ1v) is 12.2. The van der Waals surface area contributed by atoms with Gasteiger partial charge in [-0.05, 0) is 24.5 Å². The maximum atomic E-state index is 13.6. The molecule has 0 radical (unpaired) electrons. The van der Waals surface area contributed by atoms with Crippen molar-refractivity contribution in [2.75, 3.05) is 18.1 Å². The van der Waals surface area contributed by atoms with Gasteiger partial charge in [0.05, 0.1) is 17.0 Å². The molecule has 0 spiro atoms. The number of amides is 4. The predicted octanol–water partition coefficient (Wildman–Crippen LogP) is 1.37. The third-order valence-corrected chi connectivity index (χ3v) is 7.90. The minimum Gasteiger partial charge on any atom is -0.348 e. The van der Waals surface area contributed by atoms with Crippen LogP contribution in [0.15, 0.2) is 60.7 Å². The average molecular weight is 456 g/mol. The summed E-state index contributed by atoms with van der Waals surface area (Å²) in [6.07, 6.45) is 0.527. The normalized spacial score (nSPS) is 26.7. The van der Waals surface area contributed by atoms with Gasteiger partial charge in [-0.2, -0.15) is 0 Å². The minimum atomic E-state index is -3.21. The Hall–Kier alpha value is -3.20. The lowest BCUT2D eigenvalue weighted by molar-refractivity contribution is -0.135. The van der Waals surface area contributed by atoms with Gasteiger partial charge in [0.15, 0.2) is 15.4 Å². The highest BCUT2D eigenvalue weighted by Crippen LogP contribution is 2.33. The summed E-state index contributed by atoms with van der Waals surface area (Å²) >= 11 is 0. The van der Waals surface area contributed by atoms with E-state index in [-0.39, 0.29) is 17.9 Å². The summed E-state index contributed by atoms with van der Waals surface area (Å²) in [4.78, 5) is 40.0. The van der Waals surface area contributed by atoms with Gasteiger partial charge in [-0.15, -0.1) is 0 Å². The van der Waals surface area contributed by atoms with E-state index in [2.05, 4.69) is 10.6 Å². The van der Waals surface area contributed by atoms with E-state index in [1.165, 1.54) is 0 Å². The number of rotatable bonds is 6. The first-order valence-electron chi connectivity index (χ1n) is 10.4. The monoisotopic (exact) mass is 455 g/mol. The van der Waals surface area contributed by atoms with Crippen LogP contribution in [-0.2, 0) is 31.4 Å². The van der Waals surface area contributed by atoms with Crippen LogP contribution in [0.5, 0.6) is 0 Å². The van der Waals surface area contributed by atoms with E-state index in [0.717, 1.165) is 10.5 Å².